The molecule has 6 heteroatoms. The van der Waals surface area contributed by atoms with Crippen LogP contribution in [0.3, 0.4) is 0 Å². The first-order valence-corrected chi connectivity index (χ1v) is 9.93. The fourth-order valence-corrected chi connectivity index (χ4v) is 4.56. The SMILES string of the molecule is Cc1nc(C2(c3ccccc3)CCN(C(=O)c3ccc(=O)[nH]c3)CC2)cs1. The van der Waals surface area contributed by atoms with Crippen LogP contribution in [0.2, 0.25) is 0 Å². The molecule has 1 amide bonds. The van der Waals surface area contributed by atoms with E-state index in [1.165, 1.54) is 17.8 Å². The maximum Gasteiger partial charge on any atom is 0.255 e. The highest BCUT2D eigenvalue weighted by Crippen LogP contribution is 2.42. The smallest absolute Gasteiger partial charge is 0.255 e. The van der Waals surface area contributed by atoms with E-state index < -0.39 is 0 Å². The second-order valence-corrected chi connectivity index (χ2v) is 8.00. The van der Waals surface area contributed by atoms with Crippen LogP contribution < -0.4 is 5.56 Å². The van der Waals surface area contributed by atoms with Gasteiger partial charge in [0.1, 0.15) is 0 Å². The summed E-state index contributed by atoms with van der Waals surface area (Å²) < 4.78 is 0. The topological polar surface area (TPSA) is 66.1 Å². The average Bonchev–Trinajstić information content (AvgIpc) is 3.16. The first-order valence-electron chi connectivity index (χ1n) is 9.05. The molecule has 0 atom stereocenters. The molecule has 4 rings (SSSR count). The number of rotatable bonds is 3. The van der Waals surface area contributed by atoms with Crippen molar-refractivity contribution in [1.29, 1.82) is 0 Å². The van der Waals surface area contributed by atoms with E-state index in [2.05, 4.69) is 34.6 Å². The molecule has 3 aromatic rings. The fourth-order valence-electron chi connectivity index (χ4n) is 3.85. The zero-order valence-electron chi connectivity index (χ0n) is 15.1. The Balaban J connectivity index is 1.61. The van der Waals surface area contributed by atoms with Crippen LogP contribution >= 0.6 is 11.3 Å². The predicted molar refractivity (Wildman–Crippen MR) is 106 cm³/mol. The zero-order valence-corrected chi connectivity index (χ0v) is 16.0. The monoisotopic (exact) mass is 379 g/mol. The number of piperidine rings is 1. The largest absolute Gasteiger partial charge is 0.339 e. The molecule has 0 radical (unpaired) electrons. The number of nitrogens with one attached hydrogen (secondary N) is 1. The molecule has 3 heterocycles. The molecule has 1 saturated heterocycles. The third kappa shape index (κ3) is 3.32. The minimum absolute atomic E-state index is 0.0395. The zero-order chi connectivity index (χ0) is 18.9. The minimum Gasteiger partial charge on any atom is -0.339 e. The quantitative estimate of drug-likeness (QED) is 0.759. The number of hydrogen-bond acceptors (Lipinski definition) is 4. The lowest BCUT2D eigenvalue weighted by Gasteiger charge is -2.41. The van der Waals surface area contributed by atoms with Gasteiger partial charge < -0.3 is 9.88 Å². The number of aromatic amines is 1. The molecule has 5 nitrogen and oxygen atoms in total. The molecular weight excluding hydrogens is 358 g/mol. The lowest BCUT2D eigenvalue weighted by Crippen LogP contribution is -2.46. The van der Waals surface area contributed by atoms with Gasteiger partial charge in [0.15, 0.2) is 0 Å². The number of amides is 1. The molecule has 27 heavy (non-hydrogen) atoms. The van der Waals surface area contributed by atoms with Crippen molar-refractivity contribution >= 4 is 17.2 Å². The van der Waals surface area contributed by atoms with E-state index in [1.54, 1.807) is 17.4 Å². The minimum atomic E-state index is -0.202. The number of carbonyl (C=O) groups is 1. The second-order valence-electron chi connectivity index (χ2n) is 6.93. The summed E-state index contributed by atoms with van der Waals surface area (Å²) in [6.07, 6.45) is 3.15. The first kappa shape index (κ1) is 17.7. The first-order chi connectivity index (χ1) is 13.1. The number of nitrogens with zero attached hydrogens (tertiary/aromatic N) is 2. The van der Waals surface area contributed by atoms with Crippen molar-refractivity contribution in [1.82, 2.24) is 14.9 Å². The van der Waals surface area contributed by atoms with Crippen LogP contribution in [0.15, 0.2) is 58.8 Å². The molecule has 0 bridgehead atoms. The Morgan fingerprint density at radius 3 is 2.48 bits per heavy atom. The Bertz CT molecular complexity index is 981. The van der Waals surface area contributed by atoms with Gasteiger partial charge in [0.25, 0.3) is 5.91 Å². The normalized spacial score (nSPS) is 16.3. The van der Waals surface area contributed by atoms with E-state index in [0.717, 1.165) is 23.5 Å². The molecular formula is C21H21N3O2S. The highest BCUT2D eigenvalue weighted by Gasteiger charge is 2.40. The summed E-state index contributed by atoms with van der Waals surface area (Å²) in [4.78, 5) is 33.3. The van der Waals surface area contributed by atoms with Gasteiger partial charge in [0.2, 0.25) is 5.56 Å². The van der Waals surface area contributed by atoms with Crippen molar-refractivity contribution in [3.05, 3.63) is 86.2 Å². The van der Waals surface area contributed by atoms with Gasteiger partial charge in [-0.15, -0.1) is 11.3 Å². The average molecular weight is 379 g/mol. The Morgan fingerprint density at radius 2 is 1.89 bits per heavy atom. The van der Waals surface area contributed by atoms with E-state index in [9.17, 15) is 9.59 Å². The van der Waals surface area contributed by atoms with Gasteiger partial charge in [0, 0.05) is 36.1 Å². The van der Waals surface area contributed by atoms with Gasteiger partial charge >= 0.3 is 0 Å². The Labute approximate surface area is 161 Å². The Morgan fingerprint density at radius 1 is 1.15 bits per heavy atom. The van der Waals surface area contributed by atoms with Crippen LogP contribution in [0.5, 0.6) is 0 Å². The molecule has 0 aliphatic carbocycles. The molecule has 1 aliphatic rings. The Hall–Kier alpha value is -2.73. The number of likely N-dealkylation sites (tertiary alicyclic amines) is 1. The number of benzene rings is 1. The van der Waals surface area contributed by atoms with Crippen molar-refractivity contribution in [3.63, 3.8) is 0 Å². The van der Waals surface area contributed by atoms with Crippen LogP contribution in [0, 0.1) is 6.92 Å². The number of H-pyrrole nitrogens is 1. The van der Waals surface area contributed by atoms with E-state index in [1.807, 2.05) is 17.9 Å². The number of aryl methyl sites for hydroxylation is 1. The van der Waals surface area contributed by atoms with Gasteiger partial charge in [-0.1, -0.05) is 30.3 Å². The Kier molecular flexibility index (Phi) is 4.66. The summed E-state index contributed by atoms with van der Waals surface area (Å²) >= 11 is 1.67. The van der Waals surface area contributed by atoms with Gasteiger partial charge in [0.05, 0.1) is 16.3 Å². The van der Waals surface area contributed by atoms with Gasteiger partial charge in [-0.3, -0.25) is 9.59 Å². The summed E-state index contributed by atoms with van der Waals surface area (Å²) in [7, 11) is 0. The molecule has 0 spiro atoms. The standard InChI is InChI=1S/C21H21N3O2S/c1-15-23-18(14-27-15)21(17-5-3-2-4-6-17)9-11-24(12-10-21)20(26)16-7-8-19(25)22-13-16/h2-8,13-14H,9-12H2,1H3,(H,22,25). The summed E-state index contributed by atoms with van der Waals surface area (Å²) in [5.74, 6) is -0.0395. The maximum atomic E-state index is 12.8. The summed E-state index contributed by atoms with van der Waals surface area (Å²) in [5, 5.41) is 3.22. The van der Waals surface area contributed by atoms with Crippen molar-refractivity contribution in [2.45, 2.75) is 25.2 Å². The van der Waals surface area contributed by atoms with Crippen LogP contribution in [-0.4, -0.2) is 33.9 Å². The van der Waals surface area contributed by atoms with Crippen molar-refractivity contribution in [3.8, 4) is 0 Å². The van der Waals surface area contributed by atoms with Crippen molar-refractivity contribution < 1.29 is 4.79 Å². The molecule has 2 aromatic heterocycles. The van der Waals surface area contributed by atoms with E-state index in [-0.39, 0.29) is 16.9 Å². The number of aromatic nitrogens is 2. The molecule has 0 unspecified atom stereocenters. The van der Waals surface area contributed by atoms with Crippen LogP contribution in [0.1, 0.15) is 39.5 Å². The second kappa shape index (κ2) is 7.12. The number of carbonyl (C=O) groups excluding carboxylic acids is 1. The van der Waals surface area contributed by atoms with Crippen LogP contribution in [-0.2, 0) is 5.41 Å². The van der Waals surface area contributed by atoms with E-state index in [0.29, 0.717) is 18.7 Å². The molecule has 1 fully saturated rings. The summed E-state index contributed by atoms with van der Waals surface area (Å²) in [6.45, 7) is 3.34. The fraction of sp³-hybridized carbons (Fsp3) is 0.286. The van der Waals surface area contributed by atoms with Gasteiger partial charge in [-0.25, -0.2) is 4.98 Å². The lowest BCUT2D eigenvalue weighted by molar-refractivity contribution is 0.0683. The molecule has 1 N–H and O–H groups in total. The van der Waals surface area contributed by atoms with Crippen LogP contribution in [0.4, 0.5) is 0 Å². The summed E-state index contributed by atoms with van der Waals surface area (Å²) in [5.41, 5.74) is 2.52. The third-order valence-corrected chi connectivity index (χ3v) is 6.14. The number of hydrogen-bond donors (Lipinski definition) is 1. The van der Waals surface area contributed by atoms with Crippen molar-refractivity contribution in [2.75, 3.05) is 13.1 Å². The van der Waals surface area contributed by atoms with E-state index in [4.69, 9.17) is 4.98 Å². The molecule has 1 aliphatic heterocycles. The van der Waals surface area contributed by atoms with Crippen LogP contribution in [0.25, 0.3) is 0 Å². The summed E-state index contributed by atoms with van der Waals surface area (Å²) in [6, 6.07) is 13.5. The molecule has 0 saturated carbocycles. The number of thiazole rings is 1. The lowest BCUT2D eigenvalue weighted by atomic mass is 9.70. The van der Waals surface area contributed by atoms with E-state index >= 15 is 0 Å². The highest BCUT2D eigenvalue weighted by atomic mass is 32.1. The predicted octanol–water partition coefficient (Wildman–Crippen LogP) is 3.36. The maximum absolute atomic E-state index is 12.8. The highest BCUT2D eigenvalue weighted by molar-refractivity contribution is 7.09. The van der Waals surface area contributed by atoms with Gasteiger partial charge in [-0.05, 0) is 31.4 Å². The van der Waals surface area contributed by atoms with Gasteiger partial charge in [-0.2, -0.15) is 0 Å². The molecule has 1 aromatic carbocycles. The molecule has 138 valence electrons. The third-order valence-electron chi connectivity index (χ3n) is 5.37. The van der Waals surface area contributed by atoms with Crippen molar-refractivity contribution in [2.24, 2.45) is 0 Å². The number of pyridine rings is 1.